The molecule has 1 aromatic carbocycles. The van der Waals surface area contributed by atoms with Crippen molar-refractivity contribution in [1.29, 1.82) is 0 Å². The highest BCUT2D eigenvalue weighted by atomic mass is 35.5. The molecule has 0 aliphatic carbocycles. The van der Waals surface area contributed by atoms with Crippen molar-refractivity contribution in [3.8, 4) is 0 Å². The monoisotopic (exact) mass is 338 g/mol. The van der Waals surface area contributed by atoms with E-state index in [1.165, 1.54) is 17.7 Å². The molecule has 1 amide bonds. The lowest BCUT2D eigenvalue weighted by Gasteiger charge is -2.07. The van der Waals surface area contributed by atoms with Crippen LogP contribution in [-0.4, -0.2) is 15.9 Å². The lowest BCUT2D eigenvalue weighted by atomic mass is 10.2. The van der Waals surface area contributed by atoms with E-state index in [4.69, 9.17) is 28.9 Å². The molecule has 0 aliphatic rings. The Morgan fingerprint density at radius 1 is 1.29 bits per heavy atom. The minimum absolute atomic E-state index is 0.293. The van der Waals surface area contributed by atoms with Gasteiger partial charge in [-0.3, -0.25) is 4.79 Å². The third-order valence-electron chi connectivity index (χ3n) is 2.83. The summed E-state index contributed by atoms with van der Waals surface area (Å²) in [5.41, 5.74) is 7.13. The number of amides is 1. The van der Waals surface area contributed by atoms with Crippen LogP contribution in [0.25, 0.3) is 10.2 Å². The topological polar surface area (TPSA) is 80.9 Å². The first-order valence-corrected chi connectivity index (χ1v) is 7.44. The van der Waals surface area contributed by atoms with Crippen molar-refractivity contribution in [1.82, 2.24) is 9.97 Å². The maximum atomic E-state index is 12.4. The molecule has 0 unspecified atom stereocenters. The molecule has 0 spiro atoms. The van der Waals surface area contributed by atoms with E-state index < -0.39 is 0 Å². The average Bonchev–Trinajstić information content (AvgIpc) is 2.89. The second-order valence-electron chi connectivity index (χ2n) is 4.14. The normalized spacial score (nSPS) is 10.8. The number of nitrogens with two attached hydrogens (primary N) is 1. The third kappa shape index (κ3) is 2.53. The van der Waals surface area contributed by atoms with Gasteiger partial charge in [-0.2, -0.15) is 0 Å². The fourth-order valence-corrected chi connectivity index (χ4v) is 3.07. The average molecular weight is 339 g/mol. The molecule has 0 saturated carbocycles. The van der Waals surface area contributed by atoms with Crippen molar-refractivity contribution in [2.24, 2.45) is 0 Å². The Labute approximate surface area is 133 Å². The van der Waals surface area contributed by atoms with E-state index in [1.54, 1.807) is 23.6 Å². The largest absolute Gasteiger partial charge is 0.382 e. The summed E-state index contributed by atoms with van der Waals surface area (Å²) in [6.07, 6.45) is 1.33. The first kappa shape index (κ1) is 14.1. The molecule has 0 atom stereocenters. The van der Waals surface area contributed by atoms with Gasteiger partial charge in [-0.25, -0.2) is 9.97 Å². The number of aromatic nitrogens is 2. The highest BCUT2D eigenvalue weighted by Gasteiger charge is 2.17. The maximum absolute atomic E-state index is 12.4. The van der Waals surface area contributed by atoms with E-state index in [0.717, 1.165) is 0 Å². The van der Waals surface area contributed by atoms with Crippen molar-refractivity contribution in [2.75, 3.05) is 11.1 Å². The van der Waals surface area contributed by atoms with Crippen LogP contribution in [0.1, 0.15) is 10.4 Å². The van der Waals surface area contributed by atoms with Gasteiger partial charge < -0.3 is 11.1 Å². The molecular weight excluding hydrogens is 331 g/mol. The molecule has 0 fully saturated rings. The van der Waals surface area contributed by atoms with Gasteiger partial charge in [-0.1, -0.05) is 29.3 Å². The molecule has 5 nitrogen and oxygen atoms in total. The van der Waals surface area contributed by atoms with Crippen LogP contribution in [0.15, 0.2) is 29.9 Å². The summed E-state index contributed by atoms with van der Waals surface area (Å²) < 4.78 is 0.680. The van der Waals surface area contributed by atoms with Gasteiger partial charge in [0.1, 0.15) is 12.1 Å². The molecule has 21 heavy (non-hydrogen) atoms. The number of hydrogen-bond donors (Lipinski definition) is 2. The van der Waals surface area contributed by atoms with Gasteiger partial charge in [0.05, 0.1) is 31.5 Å². The van der Waals surface area contributed by atoms with Crippen molar-refractivity contribution in [3.05, 3.63) is 45.5 Å². The van der Waals surface area contributed by atoms with E-state index in [1.807, 2.05) is 0 Å². The smallest absolute Gasteiger partial charge is 0.258 e. The zero-order valence-corrected chi connectivity index (χ0v) is 12.8. The number of fused-ring (bicyclic) bond motifs is 1. The van der Waals surface area contributed by atoms with Gasteiger partial charge in [0.15, 0.2) is 0 Å². The number of benzene rings is 1. The van der Waals surface area contributed by atoms with Crippen LogP contribution >= 0.6 is 34.5 Å². The highest BCUT2D eigenvalue weighted by molar-refractivity contribution is 7.18. The van der Waals surface area contributed by atoms with Crippen LogP contribution in [0.4, 0.5) is 11.5 Å². The van der Waals surface area contributed by atoms with Gasteiger partial charge in [0, 0.05) is 5.38 Å². The van der Waals surface area contributed by atoms with Crippen LogP contribution in [0, 0.1) is 0 Å². The lowest BCUT2D eigenvalue weighted by Crippen LogP contribution is -2.12. The highest BCUT2D eigenvalue weighted by Crippen LogP contribution is 2.31. The van der Waals surface area contributed by atoms with Gasteiger partial charge in [0.2, 0.25) is 0 Å². The molecular formula is C13H8Cl2N4OS. The number of halogens is 2. The maximum Gasteiger partial charge on any atom is 0.258 e. The Hall–Kier alpha value is -1.89. The van der Waals surface area contributed by atoms with Crippen molar-refractivity contribution < 1.29 is 4.79 Å². The number of rotatable bonds is 2. The van der Waals surface area contributed by atoms with Gasteiger partial charge >= 0.3 is 0 Å². The lowest BCUT2D eigenvalue weighted by molar-refractivity contribution is 0.102. The quantitative estimate of drug-likeness (QED) is 0.743. The fraction of sp³-hybridized carbons (Fsp3) is 0. The third-order valence-corrected chi connectivity index (χ3v) is 4.64. The zero-order valence-electron chi connectivity index (χ0n) is 10.4. The molecule has 106 valence electrons. The Balaban J connectivity index is 1.98. The van der Waals surface area contributed by atoms with E-state index in [9.17, 15) is 4.79 Å². The number of nitrogen functional groups attached to an aromatic ring is 1. The summed E-state index contributed by atoms with van der Waals surface area (Å²) in [5, 5.41) is 5.06. The Bertz CT molecular complexity index is 849. The minimum Gasteiger partial charge on any atom is -0.382 e. The summed E-state index contributed by atoms with van der Waals surface area (Å²) in [6.45, 7) is 0. The molecule has 8 heteroatoms. The van der Waals surface area contributed by atoms with Crippen molar-refractivity contribution in [2.45, 2.75) is 0 Å². The van der Waals surface area contributed by atoms with Crippen LogP contribution < -0.4 is 11.1 Å². The summed E-state index contributed by atoms with van der Waals surface area (Å²) in [6, 6.07) is 5.02. The first-order chi connectivity index (χ1) is 10.1. The predicted octanol–water partition coefficient (Wildman–Crippen LogP) is 3.83. The summed E-state index contributed by atoms with van der Waals surface area (Å²) in [7, 11) is 0. The standard InChI is InChI=1S/C13H8Cl2N4OS/c14-7-2-1-3-8(9(7)15)19-13(20)6-4-21-11-10(6)17-5-18-12(11)16/h1-5H,(H,19,20)(H2,16,17,18). The molecule has 2 heterocycles. The number of carbonyl (C=O) groups excluding carboxylic acids is 1. The molecule has 3 aromatic rings. The molecule has 0 saturated heterocycles. The van der Waals surface area contributed by atoms with Gasteiger partial charge in [-0.15, -0.1) is 11.3 Å². The molecule has 0 radical (unpaired) electrons. The van der Waals surface area contributed by atoms with E-state index in [0.29, 0.717) is 37.3 Å². The van der Waals surface area contributed by atoms with Crippen LogP contribution in [0.2, 0.25) is 10.0 Å². The molecule has 2 aromatic heterocycles. The van der Waals surface area contributed by atoms with Crippen LogP contribution in [-0.2, 0) is 0 Å². The zero-order chi connectivity index (χ0) is 15.0. The molecule has 3 N–H and O–H groups in total. The van der Waals surface area contributed by atoms with Crippen LogP contribution in [0.3, 0.4) is 0 Å². The summed E-state index contributed by atoms with van der Waals surface area (Å²) in [5.74, 6) is 0.0216. The number of hydrogen-bond acceptors (Lipinski definition) is 5. The first-order valence-electron chi connectivity index (χ1n) is 5.81. The number of nitrogens with one attached hydrogen (secondary N) is 1. The Kier molecular flexibility index (Phi) is 3.67. The Morgan fingerprint density at radius 3 is 2.90 bits per heavy atom. The second-order valence-corrected chi connectivity index (χ2v) is 5.81. The van der Waals surface area contributed by atoms with Crippen molar-refractivity contribution >= 4 is 62.2 Å². The number of nitrogens with zero attached hydrogens (tertiary/aromatic N) is 2. The van der Waals surface area contributed by atoms with E-state index >= 15 is 0 Å². The number of thiophene rings is 1. The summed E-state index contributed by atoms with van der Waals surface area (Å²) >= 11 is 13.3. The number of carbonyl (C=O) groups is 1. The fourth-order valence-electron chi connectivity index (χ4n) is 1.82. The predicted molar refractivity (Wildman–Crippen MR) is 86.2 cm³/mol. The van der Waals surface area contributed by atoms with E-state index in [2.05, 4.69) is 15.3 Å². The molecule has 0 bridgehead atoms. The van der Waals surface area contributed by atoms with E-state index in [-0.39, 0.29) is 5.91 Å². The van der Waals surface area contributed by atoms with Gasteiger partial charge in [-0.05, 0) is 12.1 Å². The SMILES string of the molecule is Nc1ncnc2c(C(=O)Nc3cccc(Cl)c3Cl)csc12. The summed E-state index contributed by atoms with van der Waals surface area (Å²) in [4.78, 5) is 20.4. The second kappa shape index (κ2) is 5.48. The Morgan fingerprint density at radius 2 is 2.10 bits per heavy atom. The van der Waals surface area contributed by atoms with Crippen LogP contribution in [0.5, 0.6) is 0 Å². The molecule has 3 rings (SSSR count). The van der Waals surface area contributed by atoms with Crippen molar-refractivity contribution in [3.63, 3.8) is 0 Å². The minimum atomic E-state index is -0.330. The molecule has 0 aliphatic heterocycles. The number of anilines is 2. The van der Waals surface area contributed by atoms with Gasteiger partial charge in [0.25, 0.3) is 5.91 Å².